The molecule has 1 aliphatic rings. The van der Waals surface area contributed by atoms with Gasteiger partial charge in [0.15, 0.2) is 0 Å². The van der Waals surface area contributed by atoms with Gasteiger partial charge in [-0.25, -0.2) is 10.8 Å². The number of hydrogen-bond donors (Lipinski definition) is 2. The first kappa shape index (κ1) is 14.2. The lowest BCUT2D eigenvalue weighted by atomic mass is 10.1. The van der Waals surface area contributed by atoms with Gasteiger partial charge in [0.2, 0.25) is 0 Å². The molecule has 0 saturated heterocycles. The Morgan fingerprint density at radius 1 is 1.53 bits per heavy atom. The molecule has 0 amide bonds. The van der Waals surface area contributed by atoms with Crippen molar-refractivity contribution in [3.8, 4) is 0 Å². The lowest BCUT2D eigenvalue weighted by Crippen LogP contribution is -2.36. The molecule has 2 rings (SSSR count). The summed E-state index contributed by atoms with van der Waals surface area (Å²) >= 11 is 0. The van der Waals surface area contributed by atoms with E-state index in [2.05, 4.69) is 28.3 Å². The highest BCUT2D eigenvalue weighted by molar-refractivity contribution is 5.33. The summed E-state index contributed by atoms with van der Waals surface area (Å²) in [4.78, 5) is 6.74. The summed E-state index contributed by atoms with van der Waals surface area (Å²) < 4.78 is 5.21. The summed E-state index contributed by atoms with van der Waals surface area (Å²) in [6.07, 6.45) is 4.60. The average molecular weight is 264 g/mol. The van der Waals surface area contributed by atoms with Crippen molar-refractivity contribution in [3.63, 3.8) is 0 Å². The molecule has 1 saturated carbocycles. The van der Waals surface area contributed by atoms with E-state index < -0.39 is 0 Å². The zero-order valence-corrected chi connectivity index (χ0v) is 11.8. The topological polar surface area (TPSA) is 63.4 Å². The molecule has 106 valence electrons. The highest BCUT2D eigenvalue weighted by Crippen LogP contribution is 2.35. The molecule has 0 aliphatic heterocycles. The second kappa shape index (κ2) is 6.84. The second-order valence-electron chi connectivity index (χ2n) is 5.24. The highest BCUT2D eigenvalue weighted by Gasteiger charge is 2.31. The summed E-state index contributed by atoms with van der Waals surface area (Å²) in [5, 5.41) is 0. The van der Waals surface area contributed by atoms with E-state index in [1.807, 2.05) is 12.3 Å². The summed E-state index contributed by atoms with van der Waals surface area (Å²) in [5.74, 6) is 6.88. The van der Waals surface area contributed by atoms with Gasteiger partial charge in [-0.2, -0.15) is 0 Å². The van der Waals surface area contributed by atoms with Crippen LogP contribution in [0.25, 0.3) is 0 Å². The molecule has 5 nitrogen and oxygen atoms in total. The minimum absolute atomic E-state index is 0.613. The van der Waals surface area contributed by atoms with E-state index in [-0.39, 0.29) is 0 Å². The molecule has 1 aromatic rings. The Hall–Kier alpha value is -1.17. The number of pyridine rings is 1. The lowest BCUT2D eigenvalue weighted by Gasteiger charge is -2.29. The van der Waals surface area contributed by atoms with Crippen molar-refractivity contribution in [1.82, 2.24) is 9.88 Å². The number of nitrogens with two attached hydrogens (primary N) is 1. The van der Waals surface area contributed by atoms with E-state index >= 15 is 0 Å². The van der Waals surface area contributed by atoms with Gasteiger partial charge in [0.05, 0.1) is 6.61 Å². The number of nitrogens with one attached hydrogen (secondary N) is 1. The third-order valence-electron chi connectivity index (χ3n) is 3.82. The van der Waals surface area contributed by atoms with Crippen molar-refractivity contribution in [3.05, 3.63) is 23.9 Å². The van der Waals surface area contributed by atoms with Crippen LogP contribution in [0.15, 0.2) is 18.3 Å². The highest BCUT2D eigenvalue weighted by atomic mass is 16.5. The lowest BCUT2D eigenvalue weighted by molar-refractivity contribution is 0.111. The minimum atomic E-state index is 0.613. The van der Waals surface area contributed by atoms with Crippen LogP contribution >= 0.6 is 0 Å². The largest absolute Gasteiger partial charge is 0.383 e. The van der Waals surface area contributed by atoms with Crippen LogP contribution < -0.4 is 11.3 Å². The number of ether oxygens (including phenoxy) is 1. The molecule has 5 heteroatoms. The van der Waals surface area contributed by atoms with E-state index in [1.54, 1.807) is 7.11 Å². The number of nitrogens with zero attached hydrogens (tertiary/aromatic N) is 2. The van der Waals surface area contributed by atoms with Crippen molar-refractivity contribution in [2.45, 2.75) is 32.4 Å². The van der Waals surface area contributed by atoms with Crippen LogP contribution in [0, 0.1) is 5.92 Å². The third-order valence-corrected chi connectivity index (χ3v) is 3.82. The van der Waals surface area contributed by atoms with Crippen LogP contribution in [0.5, 0.6) is 0 Å². The Labute approximate surface area is 115 Å². The van der Waals surface area contributed by atoms with Crippen LogP contribution in [0.4, 0.5) is 5.82 Å². The van der Waals surface area contributed by atoms with Crippen LogP contribution in [-0.4, -0.2) is 36.2 Å². The van der Waals surface area contributed by atoms with Gasteiger partial charge in [-0.1, -0.05) is 6.07 Å². The van der Waals surface area contributed by atoms with Crippen molar-refractivity contribution in [2.24, 2.45) is 11.8 Å². The van der Waals surface area contributed by atoms with E-state index in [4.69, 9.17) is 10.6 Å². The van der Waals surface area contributed by atoms with Gasteiger partial charge in [-0.3, -0.25) is 4.90 Å². The SMILES string of the molecule is COCCN(Cc1ccc(NN)nc1)C(C)C1CC1. The van der Waals surface area contributed by atoms with Crippen LogP contribution in [0.2, 0.25) is 0 Å². The van der Waals surface area contributed by atoms with Crippen molar-refractivity contribution < 1.29 is 4.74 Å². The Morgan fingerprint density at radius 3 is 2.84 bits per heavy atom. The molecule has 0 spiro atoms. The van der Waals surface area contributed by atoms with Crippen molar-refractivity contribution in [1.29, 1.82) is 0 Å². The van der Waals surface area contributed by atoms with E-state index in [9.17, 15) is 0 Å². The molecule has 0 radical (unpaired) electrons. The van der Waals surface area contributed by atoms with E-state index in [0.29, 0.717) is 11.9 Å². The van der Waals surface area contributed by atoms with Crippen LogP contribution in [0.1, 0.15) is 25.3 Å². The maximum atomic E-state index is 5.32. The van der Waals surface area contributed by atoms with Gasteiger partial charge in [-0.05, 0) is 37.3 Å². The zero-order valence-electron chi connectivity index (χ0n) is 11.8. The number of rotatable bonds is 8. The second-order valence-corrected chi connectivity index (χ2v) is 5.24. The summed E-state index contributed by atoms with van der Waals surface area (Å²) in [6, 6.07) is 4.59. The summed E-state index contributed by atoms with van der Waals surface area (Å²) in [5.41, 5.74) is 3.76. The molecular weight excluding hydrogens is 240 g/mol. The molecule has 3 N–H and O–H groups in total. The molecule has 1 fully saturated rings. The van der Waals surface area contributed by atoms with Gasteiger partial charge in [0.25, 0.3) is 0 Å². The first-order chi connectivity index (χ1) is 9.24. The predicted molar refractivity (Wildman–Crippen MR) is 76.5 cm³/mol. The normalized spacial score (nSPS) is 16.6. The Balaban J connectivity index is 1.96. The monoisotopic (exact) mass is 264 g/mol. The standard InChI is InChI=1S/C14H24N4O/c1-11(13-4-5-13)18(7-8-19-2)10-12-3-6-14(17-15)16-9-12/h3,6,9,11,13H,4-5,7-8,10,15H2,1-2H3,(H,16,17). The first-order valence-corrected chi connectivity index (χ1v) is 6.89. The van der Waals surface area contributed by atoms with Gasteiger partial charge >= 0.3 is 0 Å². The van der Waals surface area contributed by atoms with Gasteiger partial charge in [-0.15, -0.1) is 0 Å². The summed E-state index contributed by atoms with van der Waals surface area (Å²) in [7, 11) is 1.75. The quantitative estimate of drug-likeness (QED) is 0.552. The fourth-order valence-corrected chi connectivity index (χ4v) is 2.35. The summed E-state index contributed by atoms with van der Waals surface area (Å²) in [6.45, 7) is 4.97. The molecule has 1 unspecified atom stereocenters. The number of hydrogen-bond acceptors (Lipinski definition) is 5. The Kier molecular flexibility index (Phi) is 5.13. The number of nitrogen functional groups attached to an aromatic ring is 1. The molecule has 1 atom stereocenters. The molecular formula is C14H24N4O. The van der Waals surface area contributed by atoms with Gasteiger partial charge in [0.1, 0.15) is 5.82 Å². The fourth-order valence-electron chi connectivity index (χ4n) is 2.35. The average Bonchev–Trinajstić information content (AvgIpc) is 3.28. The number of anilines is 1. The van der Waals surface area contributed by atoms with E-state index in [1.165, 1.54) is 18.4 Å². The van der Waals surface area contributed by atoms with Crippen molar-refractivity contribution in [2.75, 3.05) is 25.7 Å². The zero-order chi connectivity index (χ0) is 13.7. The molecule has 1 heterocycles. The van der Waals surface area contributed by atoms with Crippen molar-refractivity contribution >= 4 is 5.82 Å². The van der Waals surface area contributed by atoms with Crippen LogP contribution in [-0.2, 0) is 11.3 Å². The maximum Gasteiger partial charge on any atom is 0.139 e. The minimum Gasteiger partial charge on any atom is -0.383 e. The number of hydrazine groups is 1. The predicted octanol–water partition coefficient (Wildman–Crippen LogP) is 1.61. The first-order valence-electron chi connectivity index (χ1n) is 6.89. The van der Waals surface area contributed by atoms with Gasteiger partial charge in [0, 0.05) is 32.4 Å². The smallest absolute Gasteiger partial charge is 0.139 e. The Morgan fingerprint density at radius 2 is 2.32 bits per heavy atom. The fraction of sp³-hybridized carbons (Fsp3) is 0.643. The molecule has 0 aromatic carbocycles. The number of methoxy groups -OCH3 is 1. The van der Waals surface area contributed by atoms with Gasteiger partial charge < -0.3 is 10.2 Å². The van der Waals surface area contributed by atoms with E-state index in [0.717, 1.165) is 25.6 Å². The Bertz CT molecular complexity index is 378. The third kappa shape index (κ3) is 4.16. The molecule has 0 bridgehead atoms. The molecule has 1 aliphatic carbocycles. The maximum absolute atomic E-state index is 5.32. The van der Waals surface area contributed by atoms with Crippen LogP contribution in [0.3, 0.4) is 0 Å². The molecule has 19 heavy (non-hydrogen) atoms. The number of aromatic nitrogens is 1. The molecule has 1 aromatic heterocycles.